The fourth-order valence-corrected chi connectivity index (χ4v) is 3.51. The number of rotatable bonds is 4. The molecule has 0 saturated carbocycles. The first-order valence-corrected chi connectivity index (χ1v) is 9.35. The highest BCUT2D eigenvalue weighted by Gasteiger charge is 2.19. The molecule has 0 fully saturated rings. The van der Waals surface area contributed by atoms with Crippen LogP contribution in [0, 0.1) is 6.92 Å². The highest BCUT2D eigenvalue weighted by Crippen LogP contribution is 2.32. The van der Waals surface area contributed by atoms with Gasteiger partial charge >= 0.3 is 0 Å². The van der Waals surface area contributed by atoms with E-state index in [-0.39, 0.29) is 11.8 Å². The van der Waals surface area contributed by atoms with E-state index >= 15 is 0 Å². The van der Waals surface area contributed by atoms with Gasteiger partial charge in [-0.05, 0) is 42.3 Å². The molecule has 142 valence electrons. The number of amides is 2. The second-order valence-electron chi connectivity index (χ2n) is 6.20. The van der Waals surface area contributed by atoms with Crippen molar-refractivity contribution in [3.8, 4) is 11.1 Å². The molecular weight excluding hydrogens is 395 g/mol. The molecule has 3 aromatic carbocycles. The summed E-state index contributed by atoms with van der Waals surface area (Å²) < 4.78 is 0. The Kier molecular flexibility index (Phi) is 6.02. The minimum Gasteiger partial charge on any atom is -0.355 e. The van der Waals surface area contributed by atoms with E-state index in [1.165, 1.54) is 13.1 Å². The predicted molar refractivity (Wildman–Crippen MR) is 114 cm³/mol. The minimum absolute atomic E-state index is 0.302. The van der Waals surface area contributed by atoms with Crippen molar-refractivity contribution in [2.24, 2.45) is 0 Å². The summed E-state index contributed by atoms with van der Waals surface area (Å²) in [5.74, 6) is -0.675. The van der Waals surface area contributed by atoms with E-state index in [9.17, 15) is 9.59 Å². The molecule has 0 heterocycles. The first-order chi connectivity index (χ1) is 13.4. The maximum atomic E-state index is 13.1. The van der Waals surface area contributed by atoms with Crippen molar-refractivity contribution in [2.45, 2.75) is 6.92 Å². The Labute approximate surface area is 173 Å². The Hall–Kier alpha value is -2.82. The largest absolute Gasteiger partial charge is 0.355 e. The number of hydrogen-bond donors (Lipinski definition) is 2. The van der Waals surface area contributed by atoms with Gasteiger partial charge in [-0.3, -0.25) is 9.59 Å². The standard InChI is InChI=1S/C22H18Cl2N2O2/c1-13-11-14(23)12-18(21(27)25-2)20(13)26-22(28)17-9-4-3-7-15(17)16-8-5-6-10-19(16)24/h3-12H,1-2H3,(H,25,27)(H,26,28). The van der Waals surface area contributed by atoms with Gasteiger partial charge < -0.3 is 10.6 Å². The lowest BCUT2D eigenvalue weighted by molar-refractivity contribution is 0.0964. The van der Waals surface area contributed by atoms with Crippen molar-refractivity contribution in [3.05, 3.63) is 87.4 Å². The quantitative estimate of drug-likeness (QED) is 0.587. The van der Waals surface area contributed by atoms with E-state index in [0.29, 0.717) is 38.0 Å². The summed E-state index contributed by atoms with van der Waals surface area (Å²) in [6.45, 7) is 1.79. The highest BCUT2D eigenvalue weighted by atomic mass is 35.5. The van der Waals surface area contributed by atoms with E-state index in [1.807, 2.05) is 30.3 Å². The molecule has 0 spiro atoms. The summed E-state index contributed by atoms with van der Waals surface area (Å²) >= 11 is 12.4. The summed E-state index contributed by atoms with van der Waals surface area (Å²) in [6, 6.07) is 17.7. The van der Waals surface area contributed by atoms with Crippen LogP contribution in [0.4, 0.5) is 5.69 Å². The van der Waals surface area contributed by atoms with Crippen molar-refractivity contribution in [2.75, 3.05) is 12.4 Å². The molecule has 6 heteroatoms. The molecule has 4 nitrogen and oxygen atoms in total. The van der Waals surface area contributed by atoms with E-state index in [4.69, 9.17) is 23.2 Å². The second kappa shape index (κ2) is 8.46. The Morgan fingerprint density at radius 2 is 1.46 bits per heavy atom. The molecule has 0 aromatic heterocycles. The number of hydrogen-bond acceptors (Lipinski definition) is 2. The molecule has 0 aliphatic rings. The van der Waals surface area contributed by atoms with Gasteiger partial charge in [0.1, 0.15) is 0 Å². The molecule has 3 aromatic rings. The van der Waals surface area contributed by atoms with Crippen molar-refractivity contribution in [1.82, 2.24) is 5.32 Å². The monoisotopic (exact) mass is 412 g/mol. The van der Waals surface area contributed by atoms with Gasteiger partial charge in [-0.1, -0.05) is 59.6 Å². The molecule has 28 heavy (non-hydrogen) atoms. The minimum atomic E-state index is -0.342. The average molecular weight is 413 g/mol. The van der Waals surface area contributed by atoms with Gasteiger partial charge in [0.2, 0.25) is 0 Å². The lowest BCUT2D eigenvalue weighted by Gasteiger charge is -2.16. The van der Waals surface area contributed by atoms with Gasteiger partial charge in [0.15, 0.2) is 0 Å². The summed E-state index contributed by atoms with van der Waals surface area (Å²) in [6.07, 6.45) is 0. The third-order valence-corrected chi connectivity index (χ3v) is 4.89. The molecule has 0 aliphatic carbocycles. The number of halogens is 2. The highest BCUT2D eigenvalue weighted by molar-refractivity contribution is 6.33. The lowest BCUT2D eigenvalue weighted by atomic mass is 9.98. The molecule has 0 atom stereocenters. The fourth-order valence-electron chi connectivity index (χ4n) is 3.00. The number of aryl methyl sites for hydroxylation is 1. The van der Waals surface area contributed by atoms with Crippen LogP contribution in [-0.2, 0) is 0 Å². The maximum absolute atomic E-state index is 13.1. The zero-order valence-corrected chi connectivity index (χ0v) is 16.9. The third kappa shape index (κ3) is 4.03. The van der Waals surface area contributed by atoms with Crippen LogP contribution in [0.3, 0.4) is 0 Å². The van der Waals surface area contributed by atoms with Crippen LogP contribution >= 0.6 is 23.2 Å². The molecule has 0 unspecified atom stereocenters. The Morgan fingerprint density at radius 1 is 0.821 bits per heavy atom. The normalized spacial score (nSPS) is 10.4. The van der Waals surface area contributed by atoms with Crippen molar-refractivity contribution in [1.29, 1.82) is 0 Å². The van der Waals surface area contributed by atoms with Crippen LogP contribution in [0.15, 0.2) is 60.7 Å². The Bertz CT molecular complexity index is 1060. The SMILES string of the molecule is CNC(=O)c1cc(Cl)cc(C)c1NC(=O)c1ccccc1-c1ccccc1Cl. The smallest absolute Gasteiger partial charge is 0.256 e. The molecule has 0 bridgehead atoms. The zero-order valence-electron chi connectivity index (χ0n) is 15.3. The second-order valence-corrected chi connectivity index (χ2v) is 7.05. The average Bonchev–Trinajstić information content (AvgIpc) is 2.69. The van der Waals surface area contributed by atoms with Crippen molar-refractivity contribution in [3.63, 3.8) is 0 Å². The Morgan fingerprint density at radius 3 is 2.14 bits per heavy atom. The van der Waals surface area contributed by atoms with Crippen LogP contribution in [0.25, 0.3) is 11.1 Å². The van der Waals surface area contributed by atoms with Gasteiger partial charge in [-0.2, -0.15) is 0 Å². The van der Waals surface area contributed by atoms with Crippen LogP contribution in [-0.4, -0.2) is 18.9 Å². The van der Waals surface area contributed by atoms with E-state index in [1.54, 1.807) is 31.2 Å². The van der Waals surface area contributed by atoms with Gasteiger partial charge in [0, 0.05) is 28.2 Å². The van der Waals surface area contributed by atoms with Crippen molar-refractivity contribution >= 4 is 40.7 Å². The van der Waals surface area contributed by atoms with E-state index in [0.717, 1.165) is 5.56 Å². The van der Waals surface area contributed by atoms with Crippen LogP contribution in [0.5, 0.6) is 0 Å². The molecular formula is C22H18Cl2N2O2. The number of carbonyl (C=O) groups excluding carboxylic acids is 2. The van der Waals surface area contributed by atoms with Gasteiger partial charge in [-0.15, -0.1) is 0 Å². The first kappa shape index (κ1) is 19.9. The lowest BCUT2D eigenvalue weighted by Crippen LogP contribution is -2.22. The molecule has 3 rings (SSSR count). The molecule has 0 radical (unpaired) electrons. The van der Waals surface area contributed by atoms with Gasteiger partial charge in [0.25, 0.3) is 11.8 Å². The Balaban J connectivity index is 2.05. The summed E-state index contributed by atoms with van der Waals surface area (Å²) in [7, 11) is 1.52. The number of nitrogens with one attached hydrogen (secondary N) is 2. The van der Waals surface area contributed by atoms with Crippen LogP contribution < -0.4 is 10.6 Å². The number of carbonyl (C=O) groups is 2. The predicted octanol–water partition coefficient (Wildman–Crippen LogP) is 5.58. The summed E-state index contributed by atoms with van der Waals surface area (Å²) in [5, 5.41) is 6.41. The zero-order chi connectivity index (χ0) is 20.3. The van der Waals surface area contributed by atoms with E-state index in [2.05, 4.69) is 10.6 Å². The molecule has 0 aliphatic heterocycles. The summed E-state index contributed by atoms with van der Waals surface area (Å²) in [4.78, 5) is 25.4. The number of anilines is 1. The van der Waals surface area contributed by atoms with E-state index < -0.39 is 0 Å². The maximum Gasteiger partial charge on any atom is 0.256 e. The number of benzene rings is 3. The van der Waals surface area contributed by atoms with Crippen LogP contribution in [0.1, 0.15) is 26.3 Å². The summed E-state index contributed by atoms with van der Waals surface area (Å²) in [5.41, 5.74) is 3.33. The van der Waals surface area contributed by atoms with Crippen LogP contribution in [0.2, 0.25) is 10.0 Å². The molecule has 0 saturated heterocycles. The van der Waals surface area contributed by atoms with Gasteiger partial charge in [0.05, 0.1) is 11.3 Å². The van der Waals surface area contributed by atoms with Gasteiger partial charge in [-0.25, -0.2) is 0 Å². The topological polar surface area (TPSA) is 58.2 Å². The van der Waals surface area contributed by atoms with Crippen molar-refractivity contribution < 1.29 is 9.59 Å². The first-order valence-electron chi connectivity index (χ1n) is 8.60. The molecule has 2 amide bonds. The molecule has 2 N–H and O–H groups in total. The fraction of sp³-hybridized carbons (Fsp3) is 0.0909. The third-order valence-electron chi connectivity index (χ3n) is 4.35.